The summed E-state index contributed by atoms with van der Waals surface area (Å²) in [6, 6.07) is 5.96. The van der Waals surface area contributed by atoms with Crippen molar-refractivity contribution in [3.05, 3.63) is 45.7 Å². The van der Waals surface area contributed by atoms with Crippen molar-refractivity contribution < 1.29 is 9.53 Å². The highest BCUT2D eigenvalue weighted by Gasteiger charge is 2.40. The molecule has 5 nitrogen and oxygen atoms in total. The van der Waals surface area contributed by atoms with Crippen LogP contribution in [0.3, 0.4) is 0 Å². The molecule has 3 rings (SSSR count). The van der Waals surface area contributed by atoms with E-state index in [0.29, 0.717) is 16.4 Å². The number of ether oxygens (including phenoxy) is 1. The van der Waals surface area contributed by atoms with Crippen molar-refractivity contribution >= 4 is 23.2 Å². The lowest BCUT2D eigenvalue weighted by Crippen LogP contribution is -2.20. The van der Waals surface area contributed by atoms with E-state index in [1.807, 2.05) is 19.1 Å². The van der Waals surface area contributed by atoms with Crippen molar-refractivity contribution in [2.24, 2.45) is 7.05 Å². The third-order valence-corrected chi connectivity index (χ3v) is 5.31. The third-order valence-electron chi connectivity index (χ3n) is 4.87. The maximum absolute atomic E-state index is 12.8. The number of aryl methyl sites for hydroxylation is 2. The Morgan fingerprint density at radius 1 is 1.48 bits per heavy atom. The van der Waals surface area contributed by atoms with Crippen LogP contribution in [-0.2, 0) is 17.4 Å². The van der Waals surface area contributed by atoms with Crippen molar-refractivity contribution in [3.63, 3.8) is 0 Å². The number of anilines is 1. The standard InChI is InChI=1S/C19H24ClN3O2/c1-6-10-19(4)13-8-7-9-14(16(13)12(3)25-19)21-18(24)15-11(2)22-23(5)17(15)20/h7-9,12H,6,10H2,1-5H3,(H,21,24). The molecule has 2 aromatic rings. The second-order valence-electron chi connectivity index (χ2n) is 6.84. The number of benzene rings is 1. The van der Waals surface area contributed by atoms with Crippen LogP contribution in [0.25, 0.3) is 0 Å². The summed E-state index contributed by atoms with van der Waals surface area (Å²) < 4.78 is 7.75. The number of amides is 1. The number of fused-ring (bicyclic) bond motifs is 1. The summed E-state index contributed by atoms with van der Waals surface area (Å²) in [5, 5.41) is 7.55. The molecule has 1 amide bonds. The van der Waals surface area contributed by atoms with E-state index in [0.717, 1.165) is 29.7 Å². The molecule has 6 heteroatoms. The molecule has 134 valence electrons. The van der Waals surface area contributed by atoms with Gasteiger partial charge in [-0.25, -0.2) is 0 Å². The highest BCUT2D eigenvalue weighted by atomic mass is 35.5. The number of nitrogens with zero attached hydrogens (tertiary/aromatic N) is 2. The van der Waals surface area contributed by atoms with Gasteiger partial charge in [0.05, 0.1) is 23.0 Å². The Hall–Kier alpha value is -1.85. The Morgan fingerprint density at radius 2 is 2.20 bits per heavy atom. The number of halogens is 1. The molecule has 0 saturated carbocycles. The maximum atomic E-state index is 12.8. The lowest BCUT2D eigenvalue weighted by Gasteiger charge is -2.25. The fourth-order valence-corrected chi connectivity index (χ4v) is 4.09. The van der Waals surface area contributed by atoms with Gasteiger partial charge in [-0.1, -0.05) is 37.1 Å². The van der Waals surface area contributed by atoms with Crippen LogP contribution in [0, 0.1) is 6.92 Å². The van der Waals surface area contributed by atoms with Crippen molar-refractivity contribution in [2.75, 3.05) is 5.32 Å². The minimum Gasteiger partial charge on any atom is -0.363 e. The number of hydrogen-bond donors (Lipinski definition) is 1. The van der Waals surface area contributed by atoms with E-state index >= 15 is 0 Å². The summed E-state index contributed by atoms with van der Waals surface area (Å²) in [5.41, 5.74) is 3.67. The normalized spacial score (nSPS) is 22.1. The van der Waals surface area contributed by atoms with Gasteiger partial charge in [-0.2, -0.15) is 5.10 Å². The third kappa shape index (κ3) is 2.96. The van der Waals surface area contributed by atoms with E-state index in [2.05, 4.69) is 30.3 Å². The molecule has 1 N–H and O–H groups in total. The Balaban J connectivity index is 1.98. The number of aromatic nitrogens is 2. The SMILES string of the molecule is CCCC1(C)OC(C)c2c(NC(=O)c3c(C)nn(C)c3Cl)cccc21. The van der Waals surface area contributed by atoms with Crippen LogP contribution in [0.5, 0.6) is 0 Å². The first-order valence-electron chi connectivity index (χ1n) is 8.60. The topological polar surface area (TPSA) is 56.1 Å². The highest BCUT2D eigenvalue weighted by molar-refractivity contribution is 6.33. The fraction of sp³-hybridized carbons (Fsp3) is 0.474. The number of rotatable bonds is 4. The van der Waals surface area contributed by atoms with E-state index in [9.17, 15) is 4.79 Å². The van der Waals surface area contributed by atoms with Crippen LogP contribution in [0.15, 0.2) is 18.2 Å². The van der Waals surface area contributed by atoms with Crippen LogP contribution in [-0.4, -0.2) is 15.7 Å². The molecule has 0 saturated heterocycles. The highest BCUT2D eigenvalue weighted by Crippen LogP contribution is 2.48. The van der Waals surface area contributed by atoms with E-state index in [1.165, 1.54) is 4.68 Å². The van der Waals surface area contributed by atoms with Crippen molar-refractivity contribution in [1.82, 2.24) is 9.78 Å². The van der Waals surface area contributed by atoms with Gasteiger partial charge in [0.15, 0.2) is 0 Å². The summed E-state index contributed by atoms with van der Waals surface area (Å²) in [7, 11) is 1.72. The Kier molecular flexibility index (Phi) is 4.64. The van der Waals surface area contributed by atoms with Crippen molar-refractivity contribution in [3.8, 4) is 0 Å². The Bertz CT molecular complexity index is 830. The summed E-state index contributed by atoms with van der Waals surface area (Å²) in [6.07, 6.45) is 1.90. The van der Waals surface area contributed by atoms with Gasteiger partial charge in [0.2, 0.25) is 0 Å². The molecule has 0 fully saturated rings. The quantitative estimate of drug-likeness (QED) is 0.855. The monoisotopic (exact) mass is 361 g/mol. The smallest absolute Gasteiger partial charge is 0.260 e. The zero-order valence-electron chi connectivity index (χ0n) is 15.3. The molecule has 1 aromatic carbocycles. The number of carbonyl (C=O) groups excluding carboxylic acids is 1. The van der Waals surface area contributed by atoms with E-state index in [4.69, 9.17) is 16.3 Å². The molecular weight excluding hydrogens is 338 g/mol. The average molecular weight is 362 g/mol. The number of hydrogen-bond acceptors (Lipinski definition) is 3. The molecule has 1 aromatic heterocycles. The van der Waals surface area contributed by atoms with Crippen molar-refractivity contribution in [2.45, 2.75) is 52.2 Å². The fourth-order valence-electron chi connectivity index (χ4n) is 3.83. The molecule has 1 aliphatic rings. The number of nitrogens with one attached hydrogen (secondary N) is 1. The second kappa shape index (κ2) is 6.46. The second-order valence-corrected chi connectivity index (χ2v) is 7.19. The van der Waals surface area contributed by atoms with Gasteiger partial charge in [-0.3, -0.25) is 9.48 Å². The van der Waals surface area contributed by atoms with Crippen LogP contribution >= 0.6 is 11.6 Å². The minimum absolute atomic E-state index is 0.0754. The van der Waals surface area contributed by atoms with Crippen LogP contribution in [0.1, 0.15) is 66.9 Å². The van der Waals surface area contributed by atoms with E-state index < -0.39 is 0 Å². The maximum Gasteiger partial charge on any atom is 0.260 e. The molecule has 0 spiro atoms. The summed E-state index contributed by atoms with van der Waals surface area (Å²) >= 11 is 6.22. The van der Waals surface area contributed by atoms with Gasteiger partial charge in [-0.05, 0) is 38.8 Å². The van der Waals surface area contributed by atoms with Crippen LogP contribution in [0.2, 0.25) is 5.15 Å². The summed E-state index contributed by atoms with van der Waals surface area (Å²) in [6.45, 7) is 8.07. The van der Waals surface area contributed by atoms with Gasteiger partial charge in [0.25, 0.3) is 5.91 Å². The largest absolute Gasteiger partial charge is 0.363 e. The van der Waals surface area contributed by atoms with Gasteiger partial charge >= 0.3 is 0 Å². The Labute approximate surface area is 153 Å². The van der Waals surface area contributed by atoms with Gasteiger partial charge < -0.3 is 10.1 Å². The van der Waals surface area contributed by atoms with Gasteiger partial charge in [0, 0.05) is 18.3 Å². The van der Waals surface area contributed by atoms with Gasteiger partial charge in [0.1, 0.15) is 5.15 Å². The molecule has 0 bridgehead atoms. The lowest BCUT2D eigenvalue weighted by molar-refractivity contribution is -0.0624. The van der Waals surface area contributed by atoms with E-state index in [-0.39, 0.29) is 17.6 Å². The molecular formula is C19H24ClN3O2. The molecule has 2 unspecified atom stereocenters. The first kappa shape index (κ1) is 18.0. The molecule has 2 heterocycles. The molecule has 0 aliphatic carbocycles. The first-order valence-corrected chi connectivity index (χ1v) is 8.98. The average Bonchev–Trinajstić information content (AvgIpc) is 2.94. The zero-order chi connectivity index (χ0) is 18.4. The minimum atomic E-state index is -0.313. The molecule has 2 atom stereocenters. The predicted octanol–water partition coefficient (Wildman–Crippen LogP) is 4.74. The van der Waals surface area contributed by atoms with Crippen LogP contribution < -0.4 is 5.32 Å². The molecule has 25 heavy (non-hydrogen) atoms. The summed E-state index contributed by atoms with van der Waals surface area (Å²) in [4.78, 5) is 12.8. The molecule has 0 radical (unpaired) electrons. The number of carbonyl (C=O) groups is 1. The van der Waals surface area contributed by atoms with E-state index in [1.54, 1.807) is 14.0 Å². The van der Waals surface area contributed by atoms with Crippen molar-refractivity contribution in [1.29, 1.82) is 0 Å². The predicted molar refractivity (Wildman–Crippen MR) is 99.1 cm³/mol. The lowest BCUT2D eigenvalue weighted by atomic mass is 9.88. The summed E-state index contributed by atoms with van der Waals surface area (Å²) in [5.74, 6) is -0.250. The Morgan fingerprint density at radius 3 is 2.80 bits per heavy atom. The first-order chi connectivity index (χ1) is 11.8. The van der Waals surface area contributed by atoms with Gasteiger partial charge in [-0.15, -0.1) is 0 Å². The molecule has 1 aliphatic heterocycles. The van der Waals surface area contributed by atoms with Crippen LogP contribution in [0.4, 0.5) is 5.69 Å². The zero-order valence-corrected chi connectivity index (χ0v) is 16.1.